The van der Waals surface area contributed by atoms with Crippen molar-refractivity contribution in [2.45, 2.75) is 0 Å². The third kappa shape index (κ3) is 4.19. The number of nitro groups is 1. The van der Waals surface area contributed by atoms with E-state index in [2.05, 4.69) is 15.4 Å². The summed E-state index contributed by atoms with van der Waals surface area (Å²) >= 11 is 0. The second kappa shape index (κ2) is 8.16. The van der Waals surface area contributed by atoms with Gasteiger partial charge in [-0.3, -0.25) is 34.2 Å². The number of hydrogen-bond acceptors (Lipinski definition) is 7. The molecule has 0 spiro atoms. The van der Waals surface area contributed by atoms with Gasteiger partial charge in [0.1, 0.15) is 13.2 Å². The molecule has 1 heterocycles. The lowest BCUT2D eigenvalue weighted by Crippen LogP contribution is -2.43. The molecule has 1 aliphatic heterocycles. The number of nitrogens with zero attached hydrogens (tertiary/aromatic N) is 2. The van der Waals surface area contributed by atoms with Gasteiger partial charge < -0.3 is 15.4 Å². The monoisotopic (exact) mass is 364 g/mol. The molecule has 11 heteroatoms. The first-order chi connectivity index (χ1) is 12.3. The van der Waals surface area contributed by atoms with E-state index in [0.29, 0.717) is 4.90 Å². The van der Waals surface area contributed by atoms with Crippen LogP contribution in [0.2, 0.25) is 0 Å². The van der Waals surface area contributed by atoms with Gasteiger partial charge in [-0.25, -0.2) is 0 Å². The number of carbonyl (C=O) groups is 4. The number of benzene rings is 1. The Balaban J connectivity index is 1.91. The Kier molecular flexibility index (Phi) is 5.96. The summed E-state index contributed by atoms with van der Waals surface area (Å²) in [6, 6.07) is 3.33. The smallest absolute Gasteiger partial charge is 0.270 e. The number of fused-ring (bicyclic) bond motifs is 1. The molecule has 2 N–H and O–H groups in total. The van der Waals surface area contributed by atoms with Gasteiger partial charge in [0.2, 0.25) is 11.8 Å². The predicted molar refractivity (Wildman–Crippen MR) is 86.4 cm³/mol. The SMILES string of the molecule is COCC(=O)NCCNC(=O)CN1C(=O)c2ccc([N+](=O)[O-])cc2C1=O. The Labute approximate surface area is 147 Å². The van der Waals surface area contributed by atoms with Crippen LogP contribution >= 0.6 is 0 Å². The van der Waals surface area contributed by atoms with E-state index in [9.17, 15) is 29.3 Å². The Bertz CT molecular complexity index is 777. The first-order valence-corrected chi connectivity index (χ1v) is 7.52. The van der Waals surface area contributed by atoms with Crippen molar-refractivity contribution in [3.8, 4) is 0 Å². The average Bonchev–Trinajstić information content (AvgIpc) is 2.83. The fourth-order valence-corrected chi connectivity index (χ4v) is 2.32. The van der Waals surface area contributed by atoms with Crippen molar-refractivity contribution in [3.05, 3.63) is 39.4 Å². The van der Waals surface area contributed by atoms with Crippen molar-refractivity contribution >= 4 is 29.3 Å². The molecule has 0 saturated carbocycles. The molecule has 0 aromatic heterocycles. The molecule has 0 saturated heterocycles. The number of ether oxygens (including phenoxy) is 1. The average molecular weight is 364 g/mol. The van der Waals surface area contributed by atoms with Gasteiger partial charge in [-0.15, -0.1) is 0 Å². The highest BCUT2D eigenvalue weighted by Gasteiger charge is 2.37. The molecular formula is C15H16N4O7. The molecule has 4 amide bonds. The van der Waals surface area contributed by atoms with Crippen molar-refractivity contribution in [1.29, 1.82) is 0 Å². The molecule has 26 heavy (non-hydrogen) atoms. The molecule has 1 aromatic carbocycles. The van der Waals surface area contributed by atoms with Crippen LogP contribution in [0.1, 0.15) is 20.7 Å². The van der Waals surface area contributed by atoms with Crippen LogP contribution < -0.4 is 10.6 Å². The summed E-state index contributed by atoms with van der Waals surface area (Å²) < 4.78 is 4.62. The first kappa shape index (κ1) is 19.0. The van der Waals surface area contributed by atoms with Crippen LogP contribution in [-0.2, 0) is 14.3 Å². The predicted octanol–water partition coefficient (Wildman–Crippen LogP) is -0.930. The van der Waals surface area contributed by atoms with E-state index in [4.69, 9.17) is 0 Å². The molecule has 1 aromatic rings. The highest BCUT2D eigenvalue weighted by atomic mass is 16.6. The highest BCUT2D eigenvalue weighted by molar-refractivity contribution is 6.22. The van der Waals surface area contributed by atoms with E-state index in [1.54, 1.807) is 0 Å². The molecule has 0 radical (unpaired) electrons. The minimum Gasteiger partial charge on any atom is -0.375 e. The van der Waals surface area contributed by atoms with Crippen LogP contribution in [0.15, 0.2) is 18.2 Å². The van der Waals surface area contributed by atoms with Crippen LogP contribution in [0.5, 0.6) is 0 Å². The van der Waals surface area contributed by atoms with Crippen LogP contribution in [0.3, 0.4) is 0 Å². The number of non-ortho nitro benzene ring substituents is 1. The molecule has 0 aliphatic carbocycles. The fourth-order valence-electron chi connectivity index (χ4n) is 2.32. The number of carbonyl (C=O) groups excluding carboxylic acids is 4. The van der Waals surface area contributed by atoms with Crippen LogP contribution in [0, 0.1) is 10.1 Å². The summed E-state index contributed by atoms with van der Waals surface area (Å²) in [7, 11) is 1.37. The van der Waals surface area contributed by atoms with Gasteiger partial charge in [0.15, 0.2) is 0 Å². The lowest BCUT2D eigenvalue weighted by atomic mass is 10.1. The van der Waals surface area contributed by atoms with Gasteiger partial charge in [0.05, 0.1) is 16.1 Å². The maximum atomic E-state index is 12.2. The maximum Gasteiger partial charge on any atom is 0.270 e. The van der Waals surface area contributed by atoms with Gasteiger partial charge >= 0.3 is 0 Å². The number of imide groups is 1. The standard InChI is InChI=1S/C15H16N4O7/c1-26-8-13(21)17-5-4-16-12(20)7-18-14(22)10-3-2-9(19(24)25)6-11(10)15(18)23/h2-3,6H,4-5,7-8H2,1H3,(H,16,20)(H,17,21). The molecule has 2 rings (SSSR count). The summed E-state index contributed by atoms with van der Waals surface area (Å²) in [5, 5.41) is 15.7. The topological polar surface area (TPSA) is 148 Å². The van der Waals surface area contributed by atoms with Gasteiger partial charge in [-0.1, -0.05) is 0 Å². The van der Waals surface area contributed by atoms with Crippen LogP contribution in [-0.4, -0.2) is 66.8 Å². The number of methoxy groups -OCH3 is 1. The number of rotatable bonds is 8. The van der Waals surface area contributed by atoms with Crippen molar-refractivity contribution < 1.29 is 28.8 Å². The number of nitrogens with one attached hydrogen (secondary N) is 2. The Morgan fingerprint density at radius 2 is 1.73 bits per heavy atom. The first-order valence-electron chi connectivity index (χ1n) is 7.52. The molecule has 11 nitrogen and oxygen atoms in total. The van der Waals surface area contributed by atoms with E-state index in [-0.39, 0.29) is 42.4 Å². The third-order valence-corrected chi connectivity index (χ3v) is 3.51. The number of amides is 4. The Morgan fingerprint density at radius 1 is 1.12 bits per heavy atom. The van der Waals surface area contributed by atoms with Crippen molar-refractivity contribution in [1.82, 2.24) is 15.5 Å². The van der Waals surface area contributed by atoms with Crippen molar-refractivity contribution in [2.24, 2.45) is 0 Å². The normalized spacial score (nSPS) is 12.7. The van der Waals surface area contributed by atoms with Gasteiger partial charge in [0.25, 0.3) is 17.5 Å². The highest BCUT2D eigenvalue weighted by Crippen LogP contribution is 2.26. The zero-order valence-electron chi connectivity index (χ0n) is 13.8. The van der Waals surface area contributed by atoms with E-state index < -0.39 is 29.2 Å². The summed E-state index contributed by atoms with van der Waals surface area (Å²) in [5.41, 5.74) is -0.410. The summed E-state index contributed by atoms with van der Waals surface area (Å²) in [6.45, 7) is -0.369. The molecule has 1 aliphatic rings. The van der Waals surface area contributed by atoms with Crippen LogP contribution in [0.4, 0.5) is 5.69 Å². The molecule has 0 fully saturated rings. The van der Waals surface area contributed by atoms with E-state index >= 15 is 0 Å². The number of nitro benzene ring substituents is 1. The van der Waals surface area contributed by atoms with E-state index in [1.165, 1.54) is 13.2 Å². The quantitative estimate of drug-likeness (QED) is 0.262. The largest absolute Gasteiger partial charge is 0.375 e. The summed E-state index contributed by atoms with van der Waals surface area (Å²) in [5.74, 6) is -2.40. The molecule has 0 atom stereocenters. The lowest BCUT2D eigenvalue weighted by molar-refractivity contribution is -0.384. The maximum absolute atomic E-state index is 12.2. The summed E-state index contributed by atoms with van der Waals surface area (Å²) in [6.07, 6.45) is 0. The Morgan fingerprint density at radius 3 is 2.35 bits per heavy atom. The number of hydrogen-bond donors (Lipinski definition) is 2. The van der Waals surface area contributed by atoms with E-state index in [0.717, 1.165) is 12.1 Å². The minimum absolute atomic E-state index is 0.0141. The third-order valence-electron chi connectivity index (χ3n) is 3.51. The minimum atomic E-state index is -0.766. The Hall–Kier alpha value is -3.34. The van der Waals surface area contributed by atoms with Crippen molar-refractivity contribution in [2.75, 3.05) is 33.4 Å². The zero-order valence-corrected chi connectivity index (χ0v) is 13.8. The lowest BCUT2D eigenvalue weighted by Gasteiger charge is -2.13. The second-order valence-corrected chi connectivity index (χ2v) is 5.32. The van der Waals surface area contributed by atoms with Crippen LogP contribution in [0.25, 0.3) is 0 Å². The fraction of sp³-hybridized carbons (Fsp3) is 0.333. The van der Waals surface area contributed by atoms with Gasteiger partial charge in [0, 0.05) is 32.3 Å². The van der Waals surface area contributed by atoms with Gasteiger partial charge in [-0.2, -0.15) is 0 Å². The summed E-state index contributed by atoms with van der Waals surface area (Å²) in [4.78, 5) is 58.3. The molecule has 0 bridgehead atoms. The zero-order chi connectivity index (χ0) is 19.3. The molecule has 0 unspecified atom stereocenters. The van der Waals surface area contributed by atoms with E-state index in [1.807, 2.05) is 0 Å². The van der Waals surface area contributed by atoms with Crippen molar-refractivity contribution in [3.63, 3.8) is 0 Å². The molecule has 138 valence electrons. The molecular weight excluding hydrogens is 348 g/mol. The van der Waals surface area contributed by atoms with Gasteiger partial charge in [-0.05, 0) is 6.07 Å². The second-order valence-electron chi connectivity index (χ2n) is 5.32.